The van der Waals surface area contributed by atoms with E-state index in [0.29, 0.717) is 12.0 Å². The summed E-state index contributed by atoms with van der Waals surface area (Å²) in [6, 6.07) is 0.337. The third kappa shape index (κ3) is 11.5. The van der Waals surface area contributed by atoms with Gasteiger partial charge >= 0.3 is 0 Å². The molecule has 2 N–H and O–H groups in total. The van der Waals surface area contributed by atoms with Gasteiger partial charge in [0.15, 0.2) is 15.8 Å². The second-order valence-corrected chi connectivity index (χ2v) is 9.95. The molecule has 0 amide bonds. The van der Waals surface area contributed by atoms with Crippen molar-refractivity contribution >= 4 is 39.8 Å². The van der Waals surface area contributed by atoms with Gasteiger partial charge in [-0.05, 0) is 41.0 Å². The minimum atomic E-state index is -3.12. The number of aliphatic imine (C=N–C) groups is 1. The molecule has 146 valence electrons. The summed E-state index contributed by atoms with van der Waals surface area (Å²) in [7, 11) is -3.12. The van der Waals surface area contributed by atoms with Gasteiger partial charge in [0, 0.05) is 12.6 Å². The molecule has 0 saturated heterocycles. The van der Waals surface area contributed by atoms with Crippen LogP contribution in [0.25, 0.3) is 0 Å². The van der Waals surface area contributed by atoms with E-state index in [1.54, 1.807) is 20.8 Å². The fourth-order valence-electron chi connectivity index (χ4n) is 2.09. The number of sulfone groups is 1. The molecule has 24 heavy (non-hydrogen) atoms. The van der Waals surface area contributed by atoms with Gasteiger partial charge in [-0.2, -0.15) is 0 Å². The van der Waals surface area contributed by atoms with E-state index < -0.39 is 14.6 Å². The molecule has 0 saturated carbocycles. The summed E-state index contributed by atoms with van der Waals surface area (Å²) in [6.07, 6.45) is 6.10. The third-order valence-electron chi connectivity index (χ3n) is 3.78. The van der Waals surface area contributed by atoms with Crippen molar-refractivity contribution in [3.8, 4) is 0 Å². The number of hydrogen-bond acceptors (Lipinski definition) is 3. The molecule has 0 radical (unpaired) electrons. The van der Waals surface area contributed by atoms with Crippen LogP contribution in [0.3, 0.4) is 0 Å². The lowest BCUT2D eigenvalue weighted by Gasteiger charge is -2.20. The molecule has 0 spiro atoms. The number of nitrogens with zero attached hydrogens (tertiary/aromatic N) is 1. The Bertz CT molecular complexity index is 445. The summed E-state index contributed by atoms with van der Waals surface area (Å²) in [5.41, 5.74) is 0. The van der Waals surface area contributed by atoms with Crippen molar-refractivity contribution in [1.82, 2.24) is 10.6 Å². The van der Waals surface area contributed by atoms with Crippen LogP contribution in [0.2, 0.25) is 0 Å². The van der Waals surface area contributed by atoms with Crippen LogP contribution in [-0.2, 0) is 9.84 Å². The van der Waals surface area contributed by atoms with Gasteiger partial charge in [0.1, 0.15) is 0 Å². The van der Waals surface area contributed by atoms with E-state index in [4.69, 9.17) is 0 Å². The quantitative estimate of drug-likeness (QED) is 0.219. The summed E-state index contributed by atoms with van der Waals surface area (Å²) in [6.45, 7) is 12.6. The zero-order chi connectivity index (χ0) is 17.9. The van der Waals surface area contributed by atoms with E-state index in [9.17, 15) is 8.42 Å². The monoisotopic (exact) mass is 475 g/mol. The Balaban J connectivity index is 0. The van der Waals surface area contributed by atoms with Crippen LogP contribution < -0.4 is 10.6 Å². The first kappa shape index (κ1) is 26.2. The van der Waals surface area contributed by atoms with Crippen LogP contribution in [0.4, 0.5) is 0 Å². The molecule has 0 aromatic carbocycles. The zero-order valence-corrected chi connectivity index (χ0v) is 19.5. The van der Waals surface area contributed by atoms with E-state index in [1.807, 2.05) is 6.92 Å². The van der Waals surface area contributed by atoms with E-state index in [-0.39, 0.29) is 36.3 Å². The van der Waals surface area contributed by atoms with Crippen LogP contribution in [0.15, 0.2) is 4.99 Å². The van der Waals surface area contributed by atoms with Crippen molar-refractivity contribution in [3.63, 3.8) is 0 Å². The molecule has 7 heteroatoms. The Labute approximate surface area is 166 Å². The first-order chi connectivity index (χ1) is 10.6. The fraction of sp³-hybridized carbons (Fsp3) is 0.941. The molecule has 0 aliphatic heterocycles. The van der Waals surface area contributed by atoms with Crippen LogP contribution >= 0.6 is 24.0 Å². The maximum Gasteiger partial charge on any atom is 0.191 e. The predicted octanol–water partition coefficient (Wildman–Crippen LogP) is 3.73. The summed E-state index contributed by atoms with van der Waals surface area (Å²) < 4.78 is 23.5. The highest BCUT2D eigenvalue weighted by atomic mass is 127. The van der Waals surface area contributed by atoms with Crippen LogP contribution in [0, 0.1) is 0 Å². The third-order valence-corrected chi connectivity index (χ3v) is 6.37. The summed E-state index contributed by atoms with van der Waals surface area (Å²) in [5, 5.41) is 6.55. The topological polar surface area (TPSA) is 70.6 Å². The normalized spacial score (nSPS) is 14.0. The molecule has 5 nitrogen and oxygen atoms in total. The van der Waals surface area contributed by atoms with Crippen molar-refractivity contribution < 1.29 is 8.42 Å². The Morgan fingerprint density at radius 3 is 2.25 bits per heavy atom. The first-order valence-electron chi connectivity index (χ1n) is 8.91. The maximum atomic E-state index is 12.1. The van der Waals surface area contributed by atoms with Gasteiger partial charge in [-0.3, -0.25) is 4.99 Å². The predicted molar refractivity (Wildman–Crippen MR) is 116 cm³/mol. The molecule has 0 fully saturated rings. The summed E-state index contributed by atoms with van der Waals surface area (Å²) in [5.74, 6) is 0.789. The molecule has 0 rings (SSSR count). The molecule has 1 unspecified atom stereocenters. The maximum absolute atomic E-state index is 12.1. The Hall–Kier alpha value is -0.0500. The number of unbranched alkanes of at least 4 members (excludes halogenated alkanes) is 3. The number of nitrogens with one attached hydrogen (secondary N) is 2. The molecule has 0 bridgehead atoms. The minimum absolute atomic E-state index is 0. The SMILES string of the molecule is CCCCCCC(C)NC(=NCCS(=O)(=O)C(C)(C)C)NCC.I. The van der Waals surface area contributed by atoms with Crippen LogP contribution in [-0.4, -0.2) is 44.0 Å². The zero-order valence-electron chi connectivity index (χ0n) is 16.3. The summed E-state index contributed by atoms with van der Waals surface area (Å²) in [4.78, 5) is 4.41. The van der Waals surface area contributed by atoms with E-state index in [0.717, 1.165) is 13.0 Å². The number of halogens is 1. The molecule has 1 atom stereocenters. The van der Waals surface area contributed by atoms with Crippen molar-refractivity contribution in [2.24, 2.45) is 4.99 Å². The highest BCUT2D eigenvalue weighted by Gasteiger charge is 2.28. The van der Waals surface area contributed by atoms with Crippen molar-refractivity contribution in [3.05, 3.63) is 0 Å². The van der Waals surface area contributed by atoms with Gasteiger partial charge in [-0.25, -0.2) is 8.42 Å². The molecule has 0 heterocycles. The minimum Gasteiger partial charge on any atom is -0.357 e. The average molecular weight is 475 g/mol. The van der Waals surface area contributed by atoms with E-state index in [2.05, 4.69) is 29.5 Å². The summed E-state index contributed by atoms with van der Waals surface area (Å²) >= 11 is 0. The van der Waals surface area contributed by atoms with E-state index in [1.165, 1.54) is 25.7 Å². The Morgan fingerprint density at radius 1 is 1.12 bits per heavy atom. The number of guanidine groups is 1. The van der Waals surface area contributed by atoms with Gasteiger partial charge in [0.05, 0.1) is 17.0 Å². The second-order valence-electron chi connectivity index (χ2n) is 7.09. The van der Waals surface area contributed by atoms with Gasteiger partial charge in [0.2, 0.25) is 0 Å². The first-order valence-corrected chi connectivity index (χ1v) is 10.6. The van der Waals surface area contributed by atoms with Crippen molar-refractivity contribution in [1.29, 1.82) is 0 Å². The van der Waals surface area contributed by atoms with Crippen LogP contribution in [0.5, 0.6) is 0 Å². The van der Waals surface area contributed by atoms with Crippen molar-refractivity contribution in [2.75, 3.05) is 18.8 Å². The van der Waals surface area contributed by atoms with Crippen LogP contribution in [0.1, 0.15) is 73.6 Å². The Kier molecular flexibility index (Phi) is 14.4. The van der Waals surface area contributed by atoms with Gasteiger partial charge < -0.3 is 10.6 Å². The standard InChI is InChI=1S/C17H37N3O2S.HI/c1-7-9-10-11-12-15(3)20-16(18-8-2)19-13-14-23(21,22)17(4,5)6;/h15H,7-14H2,1-6H3,(H2,18,19,20);1H. The van der Waals surface area contributed by atoms with Crippen molar-refractivity contribution in [2.45, 2.75) is 84.4 Å². The molecule has 0 aromatic rings. The molecule has 0 aliphatic rings. The number of rotatable bonds is 10. The highest BCUT2D eigenvalue weighted by Crippen LogP contribution is 2.15. The lowest BCUT2D eigenvalue weighted by atomic mass is 10.1. The van der Waals surface area contributed by atoms with Gasteiger partial charge in [-0.1, -0.05) is 32.6 Å². The molecular weight excluding hydrogens is 437 g/mol. The number of hydrogen-bond donors (Lipinski definition) is 2. The lowest BCUT2D eigenvalue weighted by molar-refractivity contribution is 0.537. The average Bonchev–Trinajstić information content (AvgIpc) is 2.42. The van der Waals surface area contributed by atoms with Gasteiger partial charge in [-0.15, -0.1) is 24.0 Å². The lowest BCUT2D eigenvalue weighted by Crippen LogP contribution is -2.42. The largest absolute Gasteiger partial charge is 0.357 e. The molecule has 0 aromatic heterocycles. The fourth-order valence-corrected chi connectivity index (χ4v) is 3.03. The smallest absolute Gasteiger partial charge is 0.191 e. The second kappa shape index (κ2) is 13.2. The van der Waals surface area contributed by atoms with E-state index >= 15 is 0 Å². The highest BCUT2D eigenvalue weighted by molar-refractivity contribution is 14.0. The molecular formula is C17H38IN3O2S. The molecule has 0 aliphatic carbocycles. The van der Waals surface area contributed by atoms with Gasteiger partial charge in [0.25, 0.3) is 0 Å². The Morgan fingerprint density at radius 2 is 1.75 bits per heavy atom.